The van der Waals surface area contributed by atoms with Crippen LogP contribution >= 0.6 is 0 Å². The van der Waals surface area contributed by atoms with E-state index in [2.05, 4.69) is 36.0 Å². The highest BCUT2D eigenvalue weighted by Gasteiger charge is 2.32. The van der Waals surface area contributed by atoms with E-state index in [1.807, 2.05) is 61.8 Å². The SMILES string of the molecule is Cn1cc(-c2ccc(N(C(=O)NCc3ccccc3)[C@H]3CC[C@H](Nc4ncc(C#N)c(NCC(F)(F)CO)n4)CC3)nc2)cn1. The number of amides is 2. The summed E-state index contributed by atoms with van der Waals surface area (Å²) in [6.45, 7) is -1.83. The van der Waals surface area contributed by atoms with Gasteiger partial charge in [0, 0.05) is 49.2 Å². The predicted octanol–water partition coefficient (Wildman–Crippen LogP) is 4.32. The van der Waals surface area contributed by atoms with E-state index in [4.69, 9.17) is 5.11 Å². The van der Waals surface area contributed by atoms with Gasteiger partial charge in [-0.1, -0.05) is 30.3 Å². The fraction of sp³-hybridized carbons (Fsp3) is 0.355. The van der Waals surface area contributed by atoms with Gasteiger partial charge in [-0.2, -0.15) is 15.3 Å². The van der Waals surface area contributed by atoms with E-state index in [1.165, 1.54) is 6.20 Å². The summed E-state index contributed by atoms with van der Waals surface area (Å²) >= 11 is 0. The Balaban J connectivity index is 1.27. The average Bonchev–Trinajstić information content (AvgIpc) is 3.51. The summed E-state index contributed by atoms with van der Waals surface area (Å²) < 4.78 is 28.9. The van der Waals surface area contributed by atoms with Gasteiger partial charge in [0.1, 0.15) is 29.9 Å². The molecule has 14 heteroatoms. The van der Waals surface area contributed by atoms with Crippen LogP contribution in [0, 0.1) is 11.3 Å². The normalized spacial score (nSPS) is 16.4. The van der Waals surface area contributed by atoms with Crippen LogP contribution in [0.15, 0.2) is 67.3 Å². The van der Waals surface area contributed by atoms with Gasteiger partial charge >= 0.3 is 6.03 Å². The van der Waals surface area contributed by atoms with Crippen LogP contribution in [0.3, 0.4) is 0 Å². The van der Waals surface area contributed by atoms with Crippen LogP contribution in [0.4, 0.5) is 31.2 Å². The molecule has 1 saturated carbocycles. The Morgan fingerprint density at radius 3 is 2.51 bits per heavy atom. The molecule has 0 unspecified atom stereocenters. The fourth-order valence-corrected chi connectivity index (χ4v) is 5.18. The highest BCUT2D eigenvalue weighted by Crippen LogP contribution is 2.30. The number of urea groups is 1. The first-order valence-electron chi connectivity index (χ1n) is 14.6. The Hall–Kier alpha value is -5.16. The number of halogens is 2. The third kappa shape index (κ3) is 8.07. The number of rotatable bonds is 11. The molecular formula is C31H34F2N10O2. The van der Waals surface area contributed by atoms with Crippen molar-refractivity contribution in [3.8, 4) is 17.2 Å². The topological polar surface area (TPSA) is 157 Å². The summed E-state index contributed by atoms with van der Waals surface area (Å²) in [5, 5.41) is 31.1. The number of hydrogen-bond donors (Lipinski definition) is 4. The number of hydrogen-bond acceptors (Lipinski definition) is 9. The van der Waals surface area contributed by atoms with Crippen LogP contribution < -0.4 is 20.9 Å². The van der Waals surface area contributed by atoms with Crippen molar-refractivity contribution in [2.75, 3.05) is 28.7 Å². The number of nitriles is 1. The van der Waals surface area contributed by atoms with Crippen molar-refractivity contribution >= 4 is 23.6 Å². The zero-order chi connectivity index (χ0) is 31.8. The molecule has 4 aromatic rings. The van der Waals surface area contributed by atoms with Crippen molar-refractivity contribution in [3.05, 3.63) is 78.4 Å². The van der Waals surface area contributed by atoms with Gasteiger partial charge in [0.15, 0.2) is 0 Å². The van der Waals surface area contributed by atoms with E-state index in [1.54, 1.807) is 22.0 Å². The first-order valence-corrected chi connectivity index (χ1v) is 14.6. The quantitative estimate of drug-likeness (QED) is 0.193. The molecule has 3 heterocycles. The number of carbonyl (C=O) groups excluding carboxylic acids is 1. The molecule has 4 N–H and O–H groups in total. The number of nitrogens with zero attached hydrogens (tertiary/aromatic N) is 7. The number of aryl methyl sites for hydroxylation is 1. The van der Waals surface area contributed by atoms with Crippen molar-refractivity contribution in [2.24, 2.45) is 7.05 Å². The van der Waals surface area contributed by atoms with Crippen LogP contribution in [0.5, 0.6) is 0 Å². The number of alkyl halides is 2. The molecule has 1 fully saturated rings. The second kappa shape index (κ2) is 14.1. The molecule has 0 saturated heterocycles. The molecule has 2 amide bonds. The number of anilines is 3. The minimum atomic E-state index is -3.36. The van der Waals surface area contributed by atoms with Crippen molar-refractivity contribution < 1.29 is 18.7 Å². The third-order valence-corrected chi connectivity index (χ3v) is 7.59. The molecule has 0 radical (unpaired) electrons. The highest BCUT2D eigenvalue weighted by atomic mass is 19.3. The van der Waals surface area contributed by atoms with Gasteiger partial charge in [0.25, 0.3) is 5.92 Å². The first kappa shape index (κ1) is 31.3. The number of benzene rings is 1. The van der Waals surface area contributed by atoms with Crippen molar-refractivity contribution in [2.45, 2.75) is 50.2 Å². The predicted molar refractivity (Wildman–Crippen MR) is 165 cm³/mol. The molecule has 0 bridgehead atoms. The van der Waals surface area contributed by atoms with E-state index in [-0.39, 0.29) is 35.4 Å². The minimum Gasteiger partial charge on any atom is -0.390 e. The lowest BCUT2D eigenvalue weighted by Crippen LogP contribution is -2.49. The van der Waals surface area contributed by atoms with Crippen LogP contribution in [0.25, 0.3) is 11.1 Å². The molecule has 0 spiro atoms. The molecule has 5 rings (SSSR count). The van der Waals surface area contributed by atoms with E-state index < -0.39 is 19.1 Å². The first-order chi connectivity index (χ1) is 21.7. The molecule has 45 heavy (non-hydrogen) atoms. The number of aliphatic hydroxyl groups excluding tert-OH is 1. The van der Waals surface area contributed by atoms with Gasteiger partial charge in [-0.15, -0.1) is 0 Å². The lowest BCUT2D eigenvalue weighted by Gasteiger charge is -2.36. The van der Waals surface area contributed by atoms with Crippen molar-refractivity contribution in [1.82, 2.24) is 30.0 Å². The molecule has 0 atom stereocenters. The molecule has 0 aliphatic heterocycles. The zero-order valence-corrected chi connectivity index (χ0v) is 24.7. The Bertz CT molecular complexity index is 1620. The van der Waals surface area contributed by atoms with Crippen LogP contribution in [-0.2, 0) is 13.6 Å². The molecule has 234 valence electrons. The van der Waals surface area contributed by atoms with Gasteiger partial charge in [-0.05, 0) is 43.4 Å². The zero-order valence-electron chi connectivity index (χ0n) is 24.7. The molecule has 1 aliphatic carbocycles. The number of nitrogens with one attached hydrogen (secondary N) is 3. The van der Waals surface area contributed by atoms with E-state index in [9.17, 15) is 18.8 Å². The van der Waals surface area contributed by atoms with Gasteiger partial charge in [-0.25, -0.2) is 23.5 Å². The second-order valence-electron chi connectivity index (χ2n) is 10.9. The maximum atomic E-state index is 13.6. The number of carbonyl (C=O) groups is 1. The lowest BCUT2D eigenvalue weighted by atomic mass is 9.90. The summed E-state index contributed by atoms with van der Waals surface area (Å²) in [5.41, 5.74) is 2.81. The molecule has 1 aromatic carbocycles. The van der Waals surface area contributed by atoms with Crippen LogP contribution in [-0.4, -0.2) is 67.0 Å². The summed E-state index contributed by atoms with van der Waals surface area (Å²) in [4.78, 5) is 28.4. The maximum absolute atomic E-state index is 13.6. The Labute approximate surface area is 259 Å². The number of aromatic nitrogens is 5. The van der Waals surface area contributed by atoms with E-state index in [0.29, 0.717) is 38.0 Å². The monoisotopic (exact) mass is 616 g/mol. The van der Waals surface area contributed by atoms with E-state index in [0.717, 1.165) is 16.7 Å². The summed E-state index contributed by atoms with van der Waals surface area (Å²) in [5.74, 6) is -2.68. The molecule has 12 nitrogen and oxygen atoms in total. The molecule has 1 aliphatic rings. The Morgan fingerprint density at radius 1 is 1.09 bits per heavy atom. The number of pyridine rings is 1. The highest BCUT2D eigenvalue weighted by molar-refractivity contribution is 5.91. The summed E-state index contributed by atoms with van der Waals surface area (Å²) in [7, 11) is 1.85. The van der Waals surface area contributed by atoms with Gasteiger partial charge in [-0.3, -0.25) is 9.58 Å². The van der Waals surface area contributed by atoms with Gasteiger partial charge in [0.05, 0.1) is 18.9 Å². The minimum absolute atomic E-state index is 0.0113. The van der Waals surface area contributed by atoms with Crippen molar-refractivity contribution in [1.29, 1.82) is 5.26 Å². The van der Waals surface area contributed by atoms with E-state index >= 15 is 0 Å². The summed E-state index contributed by atoms with van der Waals surface area (Å²) in [6, 6.07) is 14.9. The second-order valence-corrected chi connectivity index (χ2v) is 10.9. The van der Waals surface area contributed by atoms with Crippen LogP contribution in [0.2, 0.25) is 0 Å². The van der Waals surface area contributed by atoms with Crippen molar-refractivity contribution in [3.63, 3.8) is 0 Å². The molecular weight excluding hydrogens is 582 g/mol. The average molecular weight is 617 g/mol. The molecule has 3 aromatic heterocycles. The summed E-state index contributed by atoms with van der Waals surface area (Å²) in [6.07, 6.45) is 9.33. The third-order valence-electron chi connectivity index (χ3n) is 7.59. The maximum Gasteiger partial charge on any atom is 0.323 e. The van der Waals surface area contributed by atoms with Gasteiger partial charge < -0.3 is 21.1 Å². The fourth-order valence-electron chi connectivity index (χ4n) is 5.18. The number of aliphatic hydroxyl groups is 1. The lowest BCUT2D eigenvalue weighted by molar-refractivity contribution is -0.0373. The Kier molecular flexibility index (Phi) is 9.79. The Morgan fingerprint density at radius 2 is 1.87 bits per heavy atom. The largest absolute Gasteiger partial charge is 0.390 e. The standard InChI is InChI=1S/C31H34F2N10O2/c1-42-18-24(17-39-42)22-7-12-27(35-15-22)43(30(45)37-14-21-5-3-2-4-6-21)26-10-8-25(9-11-26)40-29-36-16-23(13-34)28(41-29)38-19-31(32,33)20-44/h2-7,12,15-18,25-26,44H,8-11,14,19-20H2,1H3,(H,37,45)(H2,36,38,40,41)/t25-,26-. The van der Waals surface area contributed by atoms with Crippen LogP contribution in [0.1, 0.15) is 36.8 Å². The smallest absolute Gasteiger partial charge is 0.323 e. The van der Waals surface area contributed by atoms with Gasteiger partial charge in [0.2, 0.25) is 5.95 Å².